The Labute approximate surface area is 137 Å². The van der Waals surface area contributed by atoms with E-state index in [1.807, 2.05) is 0 Å². The van der Waals surface area contributed by atoms with Gasteiger partial charge in [-0.3, -0.25) is 0 Å². The second kappa shape index (κ2) is 7.53. The van der Waals surface area contributed by atoms with Gasteiger partial charge in [-0.25, -0.2) is 9.59 Å². The quantitative estimate of drug-likeness (QED) is 0.350. The monoisotopic (exact) mass is 328 g/mol. The molecule has 2 rings (SSSR count). The molecule has 0 aliphatic heterocycles. The number of esters is 2. The van der Waals surface area contributed by atoms with Crippen LogP contribution in [0.2, 0.25) is 0 Å². The lowest BCUT2D eigenvalue weighted by Gasteiger charge is -2.28. The molecule has 6 heteroatoms. The van der Waals surface area contributed by atoms with Crippen LogP contribution in [0.5, 0.6) is 0 Å². The first-order valence-electron chi connectivity index (χ1n) is 6.86. The molecule has 0 heterocycles. The molecule has 0 saturated carbocycles. The highest BCUT2D eigenvalue weighted by atomic mass is 28.2. The van der Waals surface area contributed by atoms with E-state index in [2.05, 4.69) is 6.58 Å². The minimum absolute atomic E-state index is 0.166. The Morgan fingerprint density at radius 3 is 1.57 bits per heavy atom. The number of carbonyl (C=O) groups is 2. The third-order valence-corrected chi connectivity index (χ3v) is 3.59. The van der Waals surface area contributed by atoms with Gasteiger partial charge in [0.15, 0.2) is 10.5 Å². The van der Waals surface area contributed by atoms with Crippen molar-refractivity contribution in [3.63, 3.8) is 0 Å². The predicted molar refractivity (Wildman–Crippen MR) is 87.7 cm³/mol. The molecule has 23 heavy (non-hydrogen) atoms. The summed E-state index contributed by atoms with van der Waals surface area (Å²) in [6.45, 7) is 3.54. The van der Waals surface area contributed by atoms with Gasteiger partial charge in [0.2, 0.25) is 0 Å². The molecule has 0 unspecified atom stereocenters. The zero-order chi connectivity index (χ0) is 16.7. The number of benzene rings is 2. The maximum Gasteiger partial charge on any atom is 0.388 e. The first-order valence-corrected chi connectivity index (χ1v) is 7.67. The minimum Gasteiger partial charge on any atom is -0.391 e. The molecule has 0 bridgehead atoms. The van der Waals surface area contributed by atoms with E-state index in [9.17, 15) is 9.59 Å². The van der Waals surface area contributed by atoms with Crippen LogP contribution in [0, 0.1) is 0 Å². The van der Waals surface area contributed by atoms with E-state index >= 15 is 0 Å². The van der Waals surface area contributed by atoms with Crippen molar-refractivity contribution in [1.29, 1.82) is 0 Å². The minimum atomic E-state index is -1.94. The largest absolute Gasteiger partial charge is 0.391 e. The average molecular weight is 328 g/mol. The van der Waals surface area contributed by atoms with Crippen molar-refractivity contribution >= 4 is 22.4 Å². The fraction of sp³-hybridized carbons (Fsp3) is 0.0588. The van der Waals surface area contributed by atoms with Crippen LogP contribution in [0.3, 0.4) is 0 Å². The van der Waals surface area contributed by atoms with Gasteiger partial charge in [0.25, 0.3) is 0 Å². The fourth-order valence-corrected chi connectivity index (χ4v) is 2.13. The van der Waals surface area contributed by atoms with E-state index in [-0.39, 0.29) is 10.5 Å². The van der Waals surface area contributed by atoms with Gasteiger partial charge in [-0.15, -0.1) is 0 Å². The van der Waals surface area contributed by atoms with E-state index in [1.54, 1.807) is 60.7 Å². The van der Waals surface area contributed by atoms with Crippen LogP contribution in [-0.2, 0) is 13.9 Å². The van der Waals surface area contributed by atoms with Crippen molar-refractivity contribution in [2.75, 3.05) is 0 Å². The number of hydrogen-bond acceptors (Lipinski definition) is 5. The van der Waals surface area contributed by atoms with Gasteiger partial charge in [0.1, 0.15) is 0 Å². The van der Waals surface area contributed by atoms with Gasteiger partial charge in [-0.2, -0.15) is 0 Å². The van der Waals surface area contributed by atoms with Gasteiger partial charge in [-0.1, -0.05) is 43.0 Å². The summed E-state index contributed by atoms with van der Waals surface area (Å²) in [5, 5.41) is 0. The van der Waals surface area contributed by atoms with Gasteiger partial charge >= 0.3 is 17.9 Å². The number of carbonyl (C=O) groups excluding carboxylic acids is 2. The summed E-state index contributed by atoms with van der Waals surface area (Å²) in [4.78, 5) is 24.3. The Balaban J connectivity index is 2.17. The maximum atomic E-state index is 12.2. The molecule has 0 amide bonds. The normalized spacial score (nSPS) is 10.8. The molecule has 0 spiro atoms. The Bertz CT molecular complexity index is 631. The van der Waals surface area contributed by atoms with E-state index < -0.39 is 17.9 Å². The highest BCUT2D eigenvalue weighted by Gasteiger charge is 2.36. The molecule has 0 aliphatic carbocycles. The lowest BCUT2D eigenvalue weighted by Crippen LogP contribution is -2.40. The standard InChI is InChI=1S/C17H16O5Si/c1-2-17(22-23,20-15(18)13-9-5-3-6-10-13)21-16(19)14-11-7-4-8-12-14/h2-12H,1H2,23H3. The first-order chi connectivity index (χ1) is 11.1. The van der Waals surface area contributed by atoms with Crippen molar-refractivity contribution < 1.29 is 23.5 Å². The summed E-state index contributed by atoms with van der Waals surface area (Å²) in [5.74, 6) is -3.30. The van der Waals surface area contributed by atoms with Crippen molar-refractivity contribution in [3.8, 4) is 0 Å². The SMILES string of the molecule is C=CC(O[SiH3])(OC(=O)c1ccccc1)OC(=O)c1ccccc1. The molecule has 118 valence electrons. The molecular formula is C17H16O5Si. The third kappa shape index (κ3) is 4.15. The van der Waals surface area contributed by atoms with Crippen molar-refractivity contribution in [2.24, 2.45) is 0 Å². The molecule has 0 atom stereocenters. The van der Waals surface area contributed by atoms with Crippen LogP contribution in [-0.4, -0.2) is 28.4 Å². The summed E-state index contributed by atoms with van der Waals surface area (Å²) in [6, 6.07) is 16.7. The smallest absolute Gasteiger partial charge is 0.388 e. The van der Waals surface area contributed by atoms with E-state index in [0.717, 1.165) is 6.08 Å². The molecule has 0 N–H and O–H groups in total. The van der Waals surface area contributed by atoms with Crippen LogP contribution in [0.25, 0.3) is 0 Å². The second-order valence-corrected chi connectivity index (χ2v) is 4.93. The van der Waals surface area contributed by atoms with Crippen LogP contribution in [0.4, 0.5) is 0 Å². The van der Waals surface area contributed by atoms with Crippen LogP contribution >= 0.6 is 0 Å². The Kier molecular flexibility index (Phi) is 5.45. The molecule has 5 nitrogen and oxygen atoms in total. The average Bonchev–Trinajstić information content (AvgIpc) is 2.62. The van der Waals surface area contributed by atoms with E-state index in [1.165, 1.54) is 0 Å². The third-order valence-electron chi connectivity index (χ3n) is 3.02. The molecule has 0 radical (unpaired) electrons. The van der Waals surface area contributed by atoms with Crippen LogP contribution < -0.4 is 0 Å². The molecule has 0 saturated heterocycles. The van der Waals surface area contributed by atoms with Gasteiger partial charge < -0.3 is 13.9 Å². The van der Waals surface area contributed by atoms with Crippen LogP contribution in [0.15, 0.2) is 73.3 Å². The summed E-state index contributed by atoms with van der Waals surface area (Å²) in [5.41, 5.74) is 0.626. The Morgan fingerprint density at radius 2 is 1.26 bits per heavy atom. The molecule has 0 aliphatic rings. The van der Waals surface area contributed by atoms with Gasteiger partial charge in [0.05, 0.1) is 11.1 Å². The summed E-state index contributed by atoms with van der Waals surface area (Å²) >= 11 is 0. The van der Waals surface area contributed by atoms with E-state index in [0.29, 0.717) is 11.1 Å². The highest BCUT2D eigenvalue weighted by Crippen LogP contribution is 2.20. The molecule has 2 aromatic carbocycles. The topological polar surface area (TPSA) is 61.8 Å². The molecule has 2 aromatic rings. The number of hydrogen-bond donors (Lipinski definition) is 0. The molecule has 0 fully saturated rings. The second-order valence-electron chi connectivity index (χ2n) is 4.52. The predicted octanol–water partition coefficient (Wildman–Crippen LogP) is 1.84. The lowest BCUT2D eigenvalue weighted by atomic mass is 10.2. The van der Waals surface area contributed by atoms with Gasteiger partial charge in [0, 0.05) is 6.08 Å². The highest BCUT2D eigenvalue weighted by molar-refractivity contribution is 5.99. The Hall–Kier alpha value is -2.70. The van der Waals surface area contributed by atoms with Gasteiger partial charge in [-0.05, 0) is 24.3 Å². The zero-order valence-corrected chi connectivity index (χ0v) is 14.6. The molecule has 0 aromatic heterocycles. The fourth-order valence-electron chi connectivity index (χ4n) is 1.80. The maximum absolute atomic E-state index is 12.2. The number of rotatable bonds is 6. The summed E-state index contributed by atoms with van der Waals surface area (Å²) in [7, 11) is 0.166. The van der Waals surface area contributed by atoms with Crippen molar-refractivity contribution in [1.82, 2.24) is 0 Å². The van der Waals surface area contributed by atoms with Crippen LogP contribution in [0.1, 0.15) is 20.7 Å². The van der Waals surface area contributed by atoms with Crippen molar-refractivity contribution in [3.05, 3.63) is 84.4 Å². The van der Waals surface area contributed by atoms with E-state index in [4.69, 9.17) is 13.9 Å². The summed E-state index contributed by atoms with van der Waals surface area (Å²) < 4.78 is 15.7. The molecular weight excluding hydrogens is 312 g/mol. The number of ether oxygens (including phenoxy) is 2. The lowest BCUT2D eigenvalue weighted by molar-refractivity contribution is -0.249. The summed E-state index contributed by atoms with van der Waals surface area (Å²) in [6.07, 6.45) is 1.14. The zero-order valence-electron chi connectivity index (χ0n) is 12.6. The first kappa shape index (κ1) is 16.7. The van der Waals surface area contributed by atoms with Crippen molar-refractivity contribution in [2.45, 2.75) is 5.97 Å². The Morgan fingerprint density at radius 1 is 0.870 bits per heavy atom.